The molecule has 3 atom stereocenters. The van der Waals surface area contributed by atoms with Crippen LogP contribution in [0, 0.1) is 18.3 Å². The van der Waals surface area contributed by atoms with E-state index in [1.165, 1.54) is 5.57 Å². The monoisotopic (exact) mass is 418 g/mol. The molecule has 1 unspecified atom stereocenters. The van der Waals surface area contributed by atoms with Crippen LogP contribution in [0.3, 0.4) is 0 Å². The summed E-state index contributed by atoms with van der Waals surface area (Å²) in [6.07, 6.45) is 7.44. The van der Waals surface area contributed by atoms with Crippen LogP contribution in [0.2, 0.25) is 0 Å². The Bertz CT molecular complexity index is 1070. The second-order valence-electron chi connectivity index (χ2n) is 9.47. The molecule has 1 aliphatic heterocycles. The summed E-state index contributed by atoms with van der Waals surface area (Å²) in [4.78, 5) is 26.1. The first-order chi connectivity index (χ1) is 14.7. The van der Waals surface area contributed by atoms with E-state index in [-0.39, 0.29) is 29.1 Å². The number of aryl methyl sites for hydroxylation is 2. The van der Waals surface area contributed by atoms with Crippen molar-refractivity contribution in [3.8, 4) is 0 Å². The van der Waals surface area contributed by atoms with Crippen LogP contribution in [-0.2, 0) is 11.8 Å². The van der Waals surface area contributed by atoms with Crippen LogP contribution in [0.5, 0.6) is 0 Å². The van der Waals surface area contributed by atoms with Gasteiger partial charge in [-0.3, -0.25) is 14.3 Å². The van der Waals surface area contributed by atoms with Gasteiger partial charge in [-0.2, -0.15) is 5.10 Å². The summed E-state index contributed by atoms with van der Waals surface area (Å²) in [5, 5.41) is 10.5. The van der Waals surface area contributed by atoms with Gasteiger partial charge in [0.1, 0.15) is 11.9 Å². The normalized spacial score (nSPS) is 23.1. The van der Waals surface area contributed by atoms with Gasteiger partial charge >= 0.3 is 0 Å². The minimum Gasteiger partial charge on any atom is -0.340 e. The molecular formula is C25H30N4O2. The first-order valence-corrected chi connectivity index (χ1v) is 10.8. The molecule has 0 fully saturated rings. The molecule has 2 amide bonds. The Labute approximate surface area is 183 Å². The summed E-state index contributed by atoms with van der Waals surface area (Å²) >= 11 is 0. The number of nitrogens with zero attached hydrogens (tertiary/aromatic N) is 2. The Morgan fingerprint density at radius 1 is 1.23 bits per heavy atom. The number of carbonyl (C=O) groups is 2. The van der Waals surface area contributed by atoms with Crippen LogP contribution in [0.15, 0.2) is 54.1 Å². The van der Waals surface area contributed by atoms with Crippen molar-refractivity contribution in [3.05, 3.63) is 71.0 Å². The van der Waals surface area contributed by atoms with Crippen LogP contribution >= 0.6 is 0 Å². The molecule has 0 saturated carbocycles. The Morgan fingerprint density at radius 3 is 2.55 bits per heavy atom. The molecule has 2 heterocycles. The van der Waals surface area contributed by atoms with Crippen molar-refractivity contribution >= 4 is 17.6 Å². The summed E-state index contributed by atoms with van der Waals surface area (Å²) in [6.45, 7) is 8.56. The van der Waals surface area contributed by atoms with Crippen LogP contribution in [0.1, 0.15) is 54.7 Å². The van der Waals surface area contributed by atoms with E-state index in [9.17, 15) is 9.59 Å². The summed E-state index contributed by atoms with van der Waals surface area (Å²) in [5.41, 5.74) is 3.78. The van der Waals surface area contributed by atoms with E-state index in [1.807, 2.05) is 32.2 Å². The van der Waals surface area contributed by atoms with Gasteiger partial charge in [0.15, 0.2) is 0 Å². The van der Waals surface area contributed by atoms with Crippen LogP contribution in [0.25, 0.3) is 0 Å². The van der Waals surface area contributed by atoms with Crippen molar-refractivity contribution in [2.24, 2.45) is 18.4 Å². The lowest BCUT2D eigenvalue weighted by atomic mass is 9.72. The molecule has 0 radical (unpaired) electrons. The lowest BCUT2D eigenvalue weighted by Crippen LogP contribution is -2.52. The number of rotatable bonds is 3. The van der Waals surface area contributed by atoms with Gasteiger partial charge in [0.2, 0.25) is 5.91 Å². The van der Waals surface area contributed by atoms with Crippen molar-refractivity contribution in [1.82, 2.24) is 15.1 Å². The SMILES string of the molecule is Cc1nn(C)c2c1[C@H](C1C=CC(C(C)(C)C)=CC1)[C@H](NC(=O)c1ccccc1)C(=O)N2. The molecule has 6 heteroatoms. The molecule has 0 spiro atoms. The van der Waals surface area contributed by atoms with E-state index < -0.39 is 6.04 Å². The largest absolute Gasteiger partial charge is 0.340 e. The molecule has 6 nitrogen and oxygen atoms in total. The first kappa shape index (κ1) is 21.1. The van der Waals surface area contributed by atoms with Gasteiger partial charge in [0.25, 0.3) is 5.91 Å². The Kier molecular flexibility index (Phi) is 5.33. The van der Waals surface area contributed by atoms with E-state index in [2.05, 4.69) is 54.7 Å². The average Bonchev–Trinajstić information content (AvgIpc) is 3.01. The Hall–Kier alpha value is -3.15. The zero-order valence-electron chi connectivity index (χ0n) is 18.8. The Balaban J connectivity index is 1.71. The van der Waals surface area contributed by atoms with Crippen molar-refractivity contribution in [2.75, 3.05) is 5.32 Å². The minimum absolute atomic E-state index is 0.0711. The van der Waals surface area contributed by atoms with Crippen molar-refractivity contribution < 1.29 is 9.59 Å². The van der Waals surface area contributed by atoms with Gasteiger partial charge in [-0.25, -0.2) is 0 Å². The average molecular weight is 419 g/mol. The molecule has 2 aliphatic rings. The zero-order chi connectivity index (χ0) is 22.3. The third-order valence-corrected chi connectivity index (χ3v) is 6.27. The molecule has 0 saturated heterocycles. The number of nitrogens with one attached hydrogen (secondary N) is 2. The highest BCUT2D eigenvalue weighted by Crippen LogP contribution is 2.43. The summed E-state index contributed by atoms with van der Waals surface area (Å²) < 4.78 is 1.72. The topological polar surface area (TPSA) is 76.0 Å². The number of aromatic nitrogens is 2. The summed E-state index contributed by atoms with van der Waals surface area (Å²) in [6, 6.07) is 8.33. The van der Waals surface area contributed by atoms with Gasteiger partial charge in [-0.1, -0.05) is 57.2 Å². The van der Waals surface area contributed by atoms with Gasteiger partial charge in [-0.05, 0) is 42.4 Å². The van der Waals surface area contributed by atoms with E-state index in [0.29, 0.717) is 5.56 Å². The van der Waals surface area contributed by atoms with Gasteiger partial charge in [0, 0.05) is 24.1 Å². The second-order valence-corrected chi connectivity index (χ2v) is 9.47. The highest BCUT2D eigenvalue weighted by molar-refractivity contribution is 6.03. The highest BCUT2D eigenvalue weighted by Gasteiger charge is 2.43. The molecule has 2 N–H and O–H groups in total. The second kappa shape index (κ2) is 7.84. The molecule has 162 valence electrons. The third-order valence-electron chi connectivity index (χ3n) is 6.27. The molecule has 1 aromatic heterocycles. The van der Waals surface area contributed by atoms with Crippen molar-refractivity contribution in [3.63, 3.8) is 0 Å². The first-order valence-electron chi connectivity index (χ1n) is 10.8. The maximum absolute atomic E-state index is 13.2. The maximum Gasteiger partial charge on any atom is 0.251 e. The van der Waals surface area contributed by atoms with Gasteiger partial charge < -0.3 is 10.6 Å². The zero-order valence-corrected chi connectivity index (χ0v) is 18.8. The summed E-state index contributed by atoms with van der Waals surface area (Å²) in [5.74, 6) is 0.154. The molecule has 31 heavy (non-hydrogen) atoms. The molecule has 0 bridgehead atoms. The van der Waals surface area contributed by atoms with Gasteiger partial charge in [0.05, 0.1) is 5.69 Å². The predicted octanol–water partition coefficient (Wildman–Crippen LogP) is 4.11. The van der Waals surface area contributed by atoms with E-state index in [1.54, 1.807) is 16.8 Å². The fourth-order valence-electron chi connectivity index (χ4n) is 4.64. The smallest absolute Gasteiger partial charge is 0.251 e. The van der Waals surface area contributed by atoms with Crippen molar-refractivity contribution in [2.45, 2.75) is 46.1 Å². The number of carbonyl (C=O) groups excluding carboxylic acids is 2. The van der Waals surface area contributed by atoms with E-state index in [0.717, 1.165) is 23.5 Å². The fourth-order valence-corrected chi connectivity index (χ4v) is 4.64. The number of benzene rings is 1. The number of fused-ring (bicyclic) bond motifs is 1. The summed E-state index contributed by atoms with van der Waals surface area (Å²) in [7, 11) is 1.83. The van der Waals surface area contributed by atoms with Crippen LogP contribution < -0.4 is 10.6 Å². The lowest BCUT2D eigenvalue weighted by molar-refractivity contribution is -0.119. The van der Waals surface area contributed by atoms with E-state index in [4.69, 9.17) is 0 Å². The maximum atomic E-state index is 13.2. The number of hydrogen-bond donors (Lipinski definition) is 2. The molecule has 2 aromatic rings. The van der Waals surface area contributed by atoms with Crippen LogP contribution in [0.4, 0.5) is 5.82 Å². The van der Waals surface area contributed by atoms with Crippen LogP contribution in [-0.4, -0.2) is 27.6 Å². The number of allylic oxidation sites excluding steroid dienone is 4. The quantitative estimate of drug-likeness (QED) is 0.788. The standard InChI is InChI=1S/C25H30N4O2/c1-15-19-20(16-11-13-18(14-12-16)25(2,3)4)21(24(31)27-22(19)29(5)28-15)26-23(30)17-9-7-6-8-10-17/h6-11,13-14,16,20-21H,12H2,1-5H3,(H,26,30)(H,27,31)/t16?,20-,21-/m0/s1. The van der Waals surface area contributed by atoms with Gasteiger partial charge in [-0.15, -0.1) is 0 Å². The molecule has 1 aliphatic carbocycles. The Morgan fingerprint density at radius 2 is 1.94 bits per heavy atom. The highest BCUT2D eigenvalue weighted by atomic mass is 16.2. The number of anilines is 1. The molecule has 4 rings (SSSR count). The lowest BCUT2D eigenvalue weighted by Gasteiger charge is -2.37. The van der Waals surface area contributed by atoms with Crippen molar-refractivity contribution in [1.29, 1.82) is 0 Å². The number of amides is 2. The molecule has 1 aromatic carbocycles. The molecular weight excluding hydrogens is 388 g/mol. The van der Waals surface area contributed by atoms with E-state index >= 15 is 0 Å². The predicted molar refractivity (Wildman–Crippen MR) is 122 cm³/mol. The number of hydrogen-bond acceptors (Lipinski definition) is 3. The fraction of sp³-hybridized carbons (Fsp3) is 0.400. The third kappa shape index (κ3) is 3.94. The minimum atomic E-state index is -0.678.